The lowest BCUT2D eigenvalue weighted by Gasteiger charge is -2.17. The molecule has 1 atom stereocenters. The lowest BCUT2D eigenvalue weighted by atomic mass is 10.0. The quantitative estimate of drug-likeness (QED) is 0.593. The number of carbonyl (C=O) groups is 2. The second kappa shape index (κ2) is 6.86. The maximum atomic E-state index is 12.2. The van der Waals surface area contributed by atoms with Crippen molar-refractivity contribution in [1.82, 2.24) is 20.1 Å². The third-order valence-corrected chi connectivity index (χ3v) is 3.32. The third kappa shape index (κ3) is 3.54. The monoisotopic (exact) mass is 333 g/mol. The van der Waals surface area contributed by atoms with E-state index in [0.29, 0.717) is 0 Å². The zero-order chi connectivity index (χ0) is 17.9. The predicted octanol–water partition coefficient (Wildman–Crippen LogP) is 1.01. The fourth-order valence-electron chi connectivity index (χ4n) is 2.08. The molecule has 0 bridgehead atoms. The fraction of sp³-hybridized carbons (Fsp3) is 0.286. The van der Waals surface area contributed by atoms with Crippen LogP contribution >= 0.6 is 0 Å². The molecule has 0 fully saturated rings. The molecule has 0 spiro atoms. The minimum atomic E-state index is -1.17. The predicted molar refractivity (Wildman–Crippen MR) is 81.7 cm³/mol. The van der Waals surface area contributed by atoms with Gasteiger partial charge in [0.1, 0.15) is 24.4 Å². The molecule has 1 amide bonds. The summed E-state index contributed by atoms with van der Waals surface area (Å²) in [5, 5.41) is 26.5. The van der Waals surface area contributed by atoms with E-state index in [-0.39, 0.29) is 22.9 Å². The number of carbonyl (C=O) groups excluding carboxylic acids is 1. The summed E-state index contributed by atoms with van der Waals surface area (Å²) in [6, 6.07) is 2.70. The summed E-state index contributed by atoms with van der Waals surface area (Å²) >= 11 is 0. The van der Waals surface area contributed by atoms with E-state index in [0.717, 1.165) is 6.07 Å². The average Bonchev–Trinajstić information content (AvgIpc) is 3.05. The second-order valence-corrected chi connectivity index (χ2v) is 5.33. The van der Waals surface area contributed by atoms with Gasteiger partial charge < -0.3 is 10.4 Å². The Balaban J connectivity index is 2.35. The second-order valence-electron chi connectivity index (χ2n) is 5.33. The molecule has 1 heterocycles. The Bertz CT molecular complexity index is 772. The first kappa shape index (κ1) is 17.1. The van der Waals surface area contributed by atoms with Crippen molar-refractivity contribution in [3.63, 3.8) is 0 Å². The van der Waals surface area contributed by atoms with E-state index < -0.39 is 22.8 Å². The summed E-state index contributed by atoms with van der Waals surface area (Å²) in [6.07, 6.45) is 2.52. The van der Waals surface area contributed by atoms with Gasteiger partial charge in [0.25, 0.3) is 11.6 Å². The molecular weight excluding hydrogens is 318 g/mol. The molecule has 0 saturated carbocycles. The Labute approximate surface area is 136 Å². The lowest BCUT2D eigenvalue weighted by Crippen LogP contribution is -2.44. The van der Waals surface area contributed by atoms with Gasteiger partial charge in [-0.25, -0.2) is 14.5 Å². The number of rotatable bonds is 6. The number of benzene rings is 1. The van der Waals surface area contributed by atoms with Gasteiger partial charge in [0, 0.05) is 11.6 Å². The Morgan fingerprint density at radius 3 is 2.58 bits per heavy atom. The maximum absolute atomic E-state index is 12.2. The van der Waals surface area contributed by atoms with Gasteiger partial charge in [-0.05, 0) is 18.1 Å². The SMILES string of the molecule is CC(C)C(NC(=O)c1ccc(-n2cncn2)c([N+](=O)[O-])c1)C(=O)O. The normalized spacial score (nSPS) is 12.0. The molecule has 2 N–H and O–H groups in total. The van der Waals surface area contributed by atoms with Gasteiger partial charge in [-0.15, -0.1) is 0 Å². The molecule has 2 rings (SSSR count). The molecule has 1 aromatic carbocycles. The summed E-state index contributed by atoms with van der Waals surface area (Å²) in [6.45, 7) is 3.30. The van der Waals surface area contributed by atoms with Crippen LogP contribution in [0.2, 0.25) is 0 Å². The van der Waals surface area contributed by atoms with Gasteiger partial charge in [-0.1, -0.05) is 13.8 Å². The van der Waals surface area contributed by atoms with Gasteiger partial charge in [0.15, 0.2) is 0 Å². The number of nitrogens with one attached hydrogen (secondary N) is 1. The zero-order valence-corrected chi connectivity index (χ0v) is 12.9. The topological polar surface area (TPSA) is 140 Å². The minimum Gasteiger partial charge on any atom is -0.480 e. The number of carboxylic acid groups (broad SMARTS) is 1. The summed E-state index contributed by atoms with van der Waals surface area (Å²) < 4.78 is 1.20. The molecule has 0 aliphatic carbocycles. The maximum Gasteiger partial charge on any atom is 0.326 e. The standard InChI is InChI=1S/C14H15N5O5/c1-8(2)12(14(21)22)17-13(20)9-3-4-10(11(5-9)19(23)24)18-7-15-6-16-18/h3-8,12H,1-2H3,(H,17,20)(H,21,22). The van der Waals surface area contributed by atoms with E-state index in [4.69, 9.17) is 5.11 Å². The van der Waals surface area contributed by atoms with Crippen LogP contribution in [0, 0.1) is 16.0 Å². The van der Waals surface area contributed by atoms with Crippen molar-refractivity contribution in [3.8, 4) is 5.69 Å². The van der Waals surface area contributed by atoms with E-state index in [1.807, 2.05) is 0 Å². The molecule has 126 valence electrons. The highest BCUT2D eigenvalue weighted by molar-refractivity contribution is 5.97. The number of aliphatic carboxylic acids is 1. The Hall–Kier alpha value is -3.30. The number of nitro groups is 1. The van der Waals surface area contributed by atoms with Gasteiger partial charge in [-0.3, -0.25) is 14.9 Å². The Morgan fingerprint density at radius 1 is 1.38 bits per heavy atom. The van der Waals surface area contributed by atoms with Gasteiger partial charge >= 0.3 is 5.97 Å². The molecule has 0 radical (unpaired) electrons. The van der Waals surface area contributed by atoms with Crippen molar-refractivity contribution in [2.45, 2.75) is 19.9 Å². The molecule has 0 aliphatic rings. The number of aromatic nitrogens is 3. The van der Waals surface area contributed by atoms with Crippen LogP contribution < -0.4 is 5.32 Å². The van der Waals surface area contributed by atoms with Gasteiger partial charge in [0.2, 0.25) is 0 Å². The highest BCUT2D eigenvalue weighted by Gasteiger charge is 2.25. The van der Waals surface area contributed by atoms with Crippen LogP contribution in [-0.4, -0.2) is 42.7 Å². The Morgan fingerprint density at radius 2 is 2.08 bits per heavy atom. The summed E-state index contributed by atoms with van der Waals surface area (Å²) in [4.78, 5) is 37.7. The van der Waals surface area contributed by atoms with Gasteiger partial charge in [-0.2, -0.15) is 5.10 Å². The first-order valence-electron chi connectivity index (χ1n) is 6.98. The van der Waals surface area contributed by atoms with Crippen molar-refractivity contribution in [2.75, 3.05) is 0 Å². The highest BCUT2D eigenvalue weighted by atomic mass is 16.6. The van der Waals surface area contributed by atoms with E-state index in [1.165, 1.54) is 29.5 Å². The average molecular weight is 333 g/mol. The van der Waals surface area contributed by atoms with Crippen molar-refractivity contribution in [2.24, 2.45) is 5.92 Å². The molecule has 10 nitrogen and oxygen atoms in total. The molecule has 1 unspecified atom stereocenters. The van der Waals surface area contributed by atoms with Crippen LogP contribution in [0.5, 0.6) is 0 Å². The van der Waals surface area contributed by atoms with Crippen molar-refractivity contribution < 1.29 is 19.6 Å². The van der Waals surface area contributed by atoms with E-state index in [2.05, 4.69) is 15.4 Å². The number of hydrogen-bond acceptors (Lipinski definition) is 6. The van der Waals surface area contributed by atoms with Crippen LogP contribution in [0.15, 0.2) is 30.9 Å². The summed E-state index contributed by atoms with van der Waals surface area (Å²) in [5.74, 6) is -2.22. The highest BCUT2D eigenvalue weighted by Crippen LogP contribution is 2.23. The van der Waals surface area contributed by atoms with Crippen molar-refractivity contribution in [3.05, 3.63) is 46.5 Å². The number of amides is 1. The molecule has 10 heteroatoms. The summed E-state index contributed by atoms with van der Waals surface area (Å²) in [5.41, 5.74) is -0.213. The van der Waals surface area contributed by atoms with Crippen LogP contribution in [0.3, 0.4) is 0 Å². The van der Waals surface area contributed by atoms with Crippen LogP contribution in [0.4, 0.5) is 5.69 Å². The third-order valence-electron chi connectivity index (χ3n) is 3.32. The summed E-state index contributed by atoms with van der Waals surface area (Å²) in [7, 11) is 0. The number of nitrogens with zero attached hydrogens (tertiary/aromatic N) is 4. The van der Waals surface area contributed by atoms with E-state index in [9.17, 15) is 19.7 Å². The molecule has 0 saturated heterocycles. The Kier molecular flexibility index (Phi) is 4.87. The van der Waals surface area contributed by atoms with E-state index in [1.54, 1.807) is 13.8 Å². The largest absolute Gasteiger partial charge is 0.480 e. The minimum absolute atomic E-state index is 0.0162. The van der Waals surface area contributed by atoms with Gasteiger partial charge in [0.05, 0.1) is 4.92 Å². The first-order valence-corrected chi connectivity index (χ1v) is 6.98. The fourth-order valence-corrected chi connectivity index (χ4v) is 2.08. The molecule has 0 aliphatic heterocycles. The van der Waals surface area contributed by atoms with E-state index >= 15 is 0 Å². The molecule has 2 aromatic rings. The number of hydrogen-bond donors (Lipinski definition) is 2. The lowest BCUT2D eigenvalue weighted by molar-refractivity contribution is -0.384. The molecular formula is C14H15N5O5. The zero-order valence-electron chi connectivity index (χ0n) is 12.9. The van der Waals surface area contributed by atoms with Crippen LogP contribution in [-0.2, 0) is 4.79 Å². The number of carboxylic acids is 1. The van der Waals surface area contributed by atoms with Crippen LogP contribution in [0.1, 0.15) is 24.2 Å². The van der Waals surface area contributed by atoms with Crippen LogP contribution in [0.25, 0.3) is 5.69 Å². The first-order chi connectivity index (χ1) is 11.3. The van der Waals surface area contributed by atoms with Crippen molar-refractivity contribution in [1.29, 1.82) is 0 Å². The number of nitro benzene ring substituents is 1. The molecule has 1 aromatic heterocycles. The van der Waals surface area contributed by atoms with Crippen molar-refractivity contribution >= 4 is 17.6 Å². The molecule has 24 heavy (non-hydrogen) atoms. The smallest absolute Gasteiger partial charge is 0.326 e.